The number of hydrogen-bond donors (Lipinski definition) is 1. The zero-order chi connectivity index (χ0) is 7.78. The summed E-state index contributed by atoms with van der Waals surface area (Å²) in [7, 11) is 1.93. The fraction of sp³-hybridized carbons (Fsp3) is 0.750. The van der Waals surface area contributed by atoms with Crippen LogP contribution < -0.4 is 0 Å². The summed E-state index contributed by atoms with van der Waals surface area (Å²) < 4.78 is 0. The van der Waals surface area contributed by atoms with Gasteiger partial charge in [-0.3, -0.25) is 4.90 Å². The molecule has 1 heterocycles. The van der Waals surface area contributed by atoms with E-state index in [4.69, 9.17) is 0 Å². The average Bonchev–Trinajstić information content (AvgIpc) is 1.78. The smallest absolute Gasteiger partial charge is 0.119 e. The first-order valence-corrected chi connectivity index (χ1v) is 3.61. The third-order valence-corrected chi connectivity index (χ3v) is 2.15. The SMILES string of the molecule is CC1=CCN(C)C(C)(O)C1. The van der Waals surface area contributed by atoms with Crippen LogP contribution in [0.4, 0.5) is 0 Å². The lowest BCUT2D eigenvalue weighted by Crippen LogP contribution is -2.46. The highest BCUT2D eigenvalue weighted by atomic mass is 16.3. The van der Waals surface area contributed by atoms with Gasteiger partial charge in [0.1, 0.15) is 5.72 Å². The third kappa shape index (κ3) is 1.39. The van der Waals surface area contributed by atoms with Gasteiger partial charge < -0.3 is 5.11 Å². The highest BCUT2D eigenvalue weighted by molar-refractivity contribution is 5.08. The molecule has 58 valence electrons. The molecule has 0 bridgehead atoms. The maximum atomic E-state index is 9.70. The van der Waals surface area contributed by atoms with Crippen molar-refractivity contribution in [3.8, 4) is 0 Å². The van der Waals surface area contributed by atoms with Crippen molar-refractivity contribution in [2.45, 2.75) is 26.0 Å². The first kappa shape index (κ1) is 7.76. The van der Waals surface area contributed by atoms with Crippen LogP contribution in [0.25, 0.3) is 0 Å². The number of nitrogens with zero attached hydrogens (tertiary/aromatic N) is 1. The predicted octanol–water partition coefficient (Wildman–Crippen LogP) is 0.977. The molecule has 2 nitrogen and oxygen atoms in total. The van der Waals surface area contributed by atoms with Gasteiger partial charge in [-0.1, -0.05) is 11.6 Å². The zero-order valence-corrected chi connectivity index (χ0v) is 6.89. The Balaban J connectivity index is 2.72. The van der Waals surface area contributed by atoms with Crippen LogP contribution in [-0.4, -0.2) is 29.3 Å². The fourth-order valence-corrected chi connectivity index (χ4v) is 1.22. The molecule has 0 aromatic rings. The molecule has 0 aromatic heterocycles. The molecular weight excluding hydrogens is 126 g/mol. The molecule has 0 amide bonds. The minimum absolute atomic E-state index is 0.626. The van der Waals surface area contributed by atoms with Gasteiger partial charge in [-0.2, -0.15) is 0 Å². The van der Waals surface area contributed by atoms with Gasteiger partial charge in [0.2, 0.25) is 0 Å². The molecule has 0 fully saturated rings. The fourth-order valence-electron chi connectivity index (χ4n) is 1.22. The van der Waals surface area contributed by atoms with Crippen LogP contribution in [0, 0.1) is 0 Å². The standard InChI is InChI=1S/C8H15NO/c1-7-4-5-9(3)8(2,10)6-7/h4,10H,5-6H2,1-3H3. The van der Waals surface area contributed by atoms with Gasteiger partial charge in [-0.25, -0.2) is 0 Å². The summed E-state index contributed by atoms with van der Waals surface area (Å²) in [5.41, 5.74) is 0.654. The summed E-state index contributed by atoms with van der Waals surface area (Å²) in [5.74, 6) is 0. The van der Waals surface area contributed by atoms with Crippen LogP contribution in [0.3, 0.4) is 0 Å². The van der Waals surface area contributed by atoms with Crippen molar-refractivity contribution in [2.75, 3.05) is 13.6 Å². The molecule has 2 heteroatoms. The first-order chi connectivity index (χ1) is 4.52. The average molecular weight is 141 g/mol. The second-order valence-corrected chi connectivity index (χ2v) is 3.32. The lowest BCUT2D eigenvalue weighted by atomic mass is 10.0. The minimum Gasteiger partial charge on any atom is -0.376 e. The van der Waals surface area contributed by atoms with Gasteiger partial charge in [0.05, 0.1) is 0 Å². The maximum Gasteiger partial charge on any atom is 0.119 e. The Bertz CT molecular complexity index is 161. The van der Waals surface area contributed by atoms with Crippen molar-refractivity contribution < 1.29 is 5.11 Å². The quantitative estimate of drug-likeness (QED) is 0.508. The molecule has 1 N–H and O–H groups in total. The van der Waals surface area contributed by atoms with Crippen molar-refractivity contribution in [1.82, 2.24) is 4.90 Å². The van der Waals surface area contributed by atoms with E-state index in [0.717, 1.165) is 13.0 Å². The monoisotopic (exact) mass is 141 g/mol. The molecule has 0 saturated heterocycles. The number of aliphatic hydroxyl groups is 1. The molecule has 0 saturated carbocycles. The molecule has 10 heavy (non-hydrogen) atoms. The van der Waals surface area contributed by atoms with Crippen LogP contribution >= 0.6 is 0 Å². The van der Waals surface area contributed by atoms with Gasteiger partial charge in [0.15, 0.2) is 0 Å². The summed E-state index contributed by atoms with van der Waals surface area (Å²) in [6, 6.07) is 0. The third-order valence-electron chi connectivity index (χ3n) is 2.15. The first-order valence-electron chi connectivity index (χ1n) is 3.61. The molecule has 1 rings (SSSR count). The van der Waals surface area contributed by atoms with Crippen molar-refractivity contribution in [3.63, 3.8) is 0 Å². The van der Waals surface area contributed by atoms with Gasteiger partial charge in [0, 0.05) is 13.0 Å². The van der Waals surface area contributed by atoms with E-state index in [-0.39, 0.29) is 0 Å². The Labute approximate surface area is 62.2 Å². The van der Waals surface area contributed by atoms with Crippen molar-refractivity contribution in [1.29, 1.82) is 0 Å². The minimum atomic E-state index is -0.626. The van der Waals surface area contributed by atoms with E-state index < -0.39 is 5.72 Å². The molecule has 0 radical (unpaired) electrons. The Morgan fingerprint density at radius 2 is 2.30 bits per heavy atom. The van der Waals surface area contributed by atoms with E-state index in [1.165, 1.54) is 5.57 Å². The lowest BCUT2D eigenvalue weighted by Gasteiger charge is -2.37. The van der Waals surface area contributed by atoms with Crippen molar-refractivity contribution >= 4 is 0 Å². The van der Waals surface area contributed by atoms with Crippen LogP contribution in [-0.2, 0) is 0 Å². The maximum absolute atomic E-state index is 9.70. The molecule has 1 aliphatic rings. The van der Waals surface area contributed by atoms with E-state index in [2.05, 4.69) is 13.0 Å². The van der Waals surface area contributed by atoms with Gasteiger partial charge in [-0.15, -0.1) is 0 Å². The number of rotatable bonds is 0. The van der Waals surface area contributed by atoms with Gasteiger partial charge in [-0.05, 0) is 20.9 Å². The molecule has 0 aliphatic carbocycles. The van der Waals surface area contributed by atoms with E-state index >= 15 is 0 Å². The van der Waals surface area contributed by atoms with E-state index in [1.54, 1.807) is 0 Å². The van der Waals surface area contributed by atoms with Crippen LogP contribution in [0.15, 0.2) is 11.6 Å². The van der Waals surface area contributed by atoms with Crippen molar-refractivity contribution in [3.05, 3.63) is 11.6 Å². The topological polar surface area (TPSA) is 23.5 Å². The summed E-state index contributed by atoms with van der Waals surface area (Å²) in [6.07, 6.45) is 2.92. The molecule has 1 unspecified atom stereocenters. The summed E-state index contributed by atoms with van der Waals surface area (Å²) >= 11 is 0. The molecular formula is C8H15NO. The number of hydrogen-bond acceptors (Lipinski definition) is 2. The Morgan fingerprint density at radius 1 is 1.70 bits per heavy atom. The van der Waals surface area contributed by atoms with Crippen LogP contribution in [0.5, 0.6) is 0 Å². The summed E-state index contributed by atoms with van der Waals surface area (Å²) in [4.78, 5) is 1.94. The molecule has 0 aromatic carbocycles. The normalized spacial score (nSPS) is 35.8. The van der Waals surface area contributed by atoms with E-state index in [1.807, 2.05) is 18.9 Å². The van der Waals surface area contributed by atoms with Crippen LogP contribution in [0.2, 0.25) is 0 Å². The Morgan fingerprint density at radius 3 is 2.70 bits per heavy atom. The lowest BCUT2D eigenvalue weighted by molar-refractivity contribution is -0.0781. The highest BCUT2D eigenvalue weighted by Gasteiger charge is 2.28. The second-order valence-electron chi connectivity index (χ2n) is 3.32. The Kier molecular flexibility index (Phi) is 1.84. The summed E-state index contributed by atoms with van der Waals surface area (Å²) in [5, 5.41) is 9.70. The highest BCUT2D eigenvalue weighted by Crippen LogP contribution is 2.23. The van der Waals surface area contributed by atoms with Gasteiger partial charge >= 0.3 is 0 Å². The molecule has 1 aliphatic heterocycles. The zero-order valence-electron chi connectivity index (χ0n) is 6.89. The Hall–Kier alpha value is -0.340. The van der Waals surface area contributed by atoms with Crippen LogP contribution in [0.1, 0.15) is 20.3 Å². The van der Waals surface area contributed by atoms with Crippen molar-refractivity contribution in [2.24, 2.45) is 0 Å². The molecule has 1 atom stereocenters. The van der Waals surface area contributed by atoms with E-state index in [0.29, 0.717) is 0 Å². The predicted molar refractivity (Wildman–Crippen MR) is 41.6 cm³/mol. The second kappa shape index (κ2) is 2.36. The summed E-state index contributed by atoms with van der Waals surface area (Å²) in [6.45, 7) is 4.77. The number of likely N-dealkylation sites (N-methyl/N-ethyl adjacent to an activating group) is 1. The van der Waals surface area contributed by atoms with Gasteiger partial charge in [0.25, 0.3) is 0 Å². The van der Waals surface area contributed by atoms with E-state index in [9.17, 15) is 5.11 Å². The largest absolute Gasteiger partial charge is 0.376 e. The molecule has 0 spiro atoms.